The minimum Gasteiger partial charge on any atom is -0.490 e. The maximum Gasteiger partial charge on any atom is 0.233 e. The SMILES string of the molecule is Cc1cc(C)c(C#N)c(SCC(=O)N2CCC[C@@H]2c2ccc3c(c2)OCCCO3)n1. The van der Waals surface area contributed by atoms with Crippen LogP contribution in [0.4, 0.5) is 0 Å². The molecule has 0 saturated carbocycles. The normalized spacial score (nSPS) is 18.0. The topological polar surface area (TPSA) is 75.5 Å². The van der Waals surface area contributed by atoms with Crippen LogP contribution in [0.25, 0.3) is 0 Å². The first-order chi connectivity index (χ1) is 14.6. The largest absolute Gasteiger partial charge is 0.490 e. The number of carbonyl (C=O) groups excluding carboxylic acids is 1. The van der Waals surface area contributed by atoms with Gasteiger partial charge in [-0.05, 0) is 56.0 Å². The molecule has 0 spiro atoms. The molecule has 3 heterocycles. The van der Waals surface area contributed by atoms with Crippen LogP contribution in [0.3, 0.4) is 0 Å². The van der Waals surface area contributed by atoms with Crippen molar-refractivity contribution in [2.45, 2.75) is 44.2 Å². The number of nitrogens with zero attached hydrogens (tertiary/aromatic N) is 3. The number of rotatable bonds is 4. The third-order valence-corrected chi connectivity index (χ3v) is 6.45. The van der Waals surface area contributed by atoms with Gasteiger partial charge in [-0.15, -0.1) is 0 Å². The molecular formula is C23H25N3O3S. The summed E-state index contributed by atoms with van der Waals surface area (Å²) in [6.07, 6.45) is 2.77. The van der Waals surface area contributed by atoms with Gasteiger partial charge in [0.2, 0.25) is 5.91 Å². The van der Waals surface area contributed by atoms with E-state index >= 15 is 0 Å². The van der Waals surface area contributed by atoms with E-state index in [1.807, 2.05) is 43.0 Å². The number of likely N-dealkylation sites (tertiary alicyclic amines) is 1. The molecule has 1 fully saturated rings. The van der Waals surface area contributed by atoms with Crippen molar-refractivity contribution in [3.63, 3.8) is 0 Å². The summed E-state index contributed by atoms with van der Waals surface area (Å²) in [5.41, 5.74) is 3.38. The fourth-order valence-electron chi connectivity index (χ4n) is 4.05. The molecule has 2 aliphatic rings. The molecule has 6 nitrogen and oxygen atoms in total. The highest BCUT2D eigenvalue weighted by atomic mass is 32.2. The van der Waals surface area contributed by atoms with Crippen molar-refractivity contribution in [1.82, 2.24) is 9.88 Å². The van der Waals surface area contributed by atoms with Crippen LogP contribution in [0.15, 0.2) is 29.3 Å². The number of amides is 1. The minimum atomic E-state index is 0.0397. The second-order valence-corrected chi connectivity index (χ2v) is 8.63. The molecule has 2 aliphatic heterocycles. The van der Waals surface area contributed by atoms with Gasteiger partial charge in [-0.1, -0.05) is 17.8 Å². The Balaban J connectivity index is 1.48. The zero-order valence-electron chi connectivity index (χ0n) is 17.3. The number of pyridine rings is 1. The maximum atomic E-state index is 13.1. The van der Waals surface area contributed by atoms with Crippen LogP contribution in [0.1, 0.15) is 47.7 Å². The van der Waals surface area contributed by atoms with E-state index in [1.54, 1.807) is 0 Å². The summed E-state index contributed by atoms with van der Waals surface area (Å²) in [6, 6.07) is 10.2. The molecule has 30 heavy (non-hydrogen) atoms. The Bertz CT molecular complexity index is 1000. The van der Waals surface area contributed by atoms with E-state index < -0.39 is 0 Å². The van der Waals surface area contributed by atoms with Gasteiger partial charge in [-0.2, -0.15) is 5.26 Å². The Morgan fingerprint density at radius 2 is 2.03 bits per heavy atom. The average molecular weight is 424 g/mol. The van der Waals surface area contributed by atoms with Crippen LogP contribution in [0.2, 0.25) is 0 Å². The second-order valence-electron chi connectivity index (χ2n) is 7.66. The van der Waals surface area contributed by atoms with Crippen molar-refractivity contribution < 1.29 is 14.3 Å². The monoisotopic (exact) mass is 423 g/mol. The molecule has 1 amide bonds. The summed E-state index contributed by atoms with van der Waals surface area (Å²) in [6.45, 7) is 5.85. The van der Waals surface area contributed by atoms with Crippen molar-refractivity contribution in [1.29, 1.82) is 5.26 Å². The third-order valence-electron chi connectivity index (χ3n) is 5.49. The second kappa shape index (κ2) is 8.97. The molecule has 0 bridgehead atoms. The van der Waals surface area contributed by atoms with E-state index in [2.05, 4.69) is 11.1 Å². The molecule has 1 aromatic heterocycles. The van der Waals surface area contributed by atoms with Crippen LogP contribution in [-0.2, 0) is 4.79 Å². The number of aryl methyl sites for hydroxylation is 2. The lowest BCUT2D eigenvalue weighted by Gasteiger charge is -2.25. The Kier molecular flexibility index (Phi) is 6.14. The molecule has 1 aromatic carbocycles. The molecule has 1 atom stereocenters. The zero-order chi connectivity index (χ0) is 21.1. The van der Waals surface area contributed by atoms with Crippen molar-refractivity contribution in [2.75, 3.05) is 25.5 Å². The number of hydrogen-bond acceptors (Lipinski definition) is 6. The molecule has 156 valence electrons. The predicted molar refractivity (Wildman–Crippen MR) is 115 cm³/mol. The van der Waals surface area contributed by atoms with Gasteiger partial charge >= 0.3 is 0 Å². The van der Waals surface area contributed by atoms with Crippen LogP contribution in [-0.4, -0.2) is 41.3 Å². The summed E-state index contributed by atoms with van der Waals surface area (Å²) < 4.78 is 11.6. The van der Waals surface area contributed by atoms with Crippen molar-refractivity contribution in [3.05, 3.63) is 46.6 Å². The molecule has 0 unspecified atom stereocenters. The summed E-state index contributed by atoms with van der Waals surface area (Å²) >= 11 is 1.35. The third kappa shape index (κ3) is 4.24. The first kappa shape index (κ1) is 20.5. The molecule has 4 rings (SSSR count). The van der Waals surface area contributed by atoms with E-state index in [1.165, 1.54) is 11.8 Å². The van der Waals surface area contributed by atoms with Gasteiger partial charge in [-0.3, -0.25) is 4.79 Å². The zero-order valence-corrected chi connectivity index (χ0v) is 18.1. The Labute approximate surface area is 181 Å². The first-order valence-electron chi connectivity index (χ1n) is 10.3. The minimum absolute atomic E-state index is 0.0397. The lowest BCUT2D eigenvalue weighted by molar-refractivity contribution is -0.129. The van der Waals surface area contributed by atoms with E-state index in [-0.39, 0.29) is 17.7 Å². The Hall–Kier alpha value is -2.72. The molecule has 7 heteroatoms. The van der Waals surface area contributed by atoms with E-state index in [0.717, 1.165) is 54.1 Å². The fourth-order valence-corrected chi connectivity index (χ4v) is 5.04. The molecule has 0 N–H and O–H groups in total. The van der Waals surface area contributed by atoms with Crippen molar-refractivity contribution >= 4 is 17.7 Å². The summed E-state index contributed by atoms with van der Waals surface area (Å²) in [7, 11) is 0. The number of benzene rings is 1. The lowest BCUT2D eigenvalue weighted by Crippen LogP contribution is -2.32. The smallest absolute Gasteiger partial charge is 0.233 e. The highest BCUT2D eigenvalue weighted by Gasteiger charge is 2.31. The van der Waals surface area contributed by atoms with Gasteiger partial charge < -0.3 is 14.4 Å². The number of aromatic nitrogens is 1. The van der Waals surface area contributed by atoms with Crippen LogP contribution in [0.5, 0.6) is 11.5 Å². The molecule has 0 radical (unpaired) electrons. The highest BCUT2D eigenvalue weighted by molar-refractivity contribution is 8.00. The number of ether oxygens (including phenoxy) is 2. The summed E-state index contributed by atoms with van der Waals surface area (Å²) in [4.78, 5) is 19.5. The maximum absolute atomic E-state index is 13.1. The molecule has 0 aliphatic carbocycles. The quantitative estimate of drug-likeness (QED) is 0.687. The van der Waals surface area contributed by atoms with Gasteiger partial charge in [0, 0.05) is 18.7 Å². The number of hydrogen-bond donors (Lipinski definition) is 0. The van der Waals surface area contributed by atoms with Gasteiger partial charge in [0.25, 0.3) is 0 Å². The first-order valence-corrected chi connectivity index (χ1v) is 11.3. The van der Waals surface area contributed by atoms with E-state index in [0.29, 0.717) is 23.8 Å². The number of carbonyl (C=O) groups is 1. The Morgan fingerprint density at radius 3 is 2.83 bits per heavy atom. The Morgan fingerprint density at radius 1 is 1.23 bits per heavy atom. The van der Waals surface area contributed by atoms with Gasteiger partial charge in [0.05, 0.1) is 30.6 Å². The van der Waals surface area contributed by atoms with E-state index in [4.69, 9.17) is 9.47 Å². The average Bonchev–Trinajstić information content (AvgIpc) is 3.10. The van der Waals surface area contributed by atoms with E-state index in [9.17, 15) is 10.1 Å². The van der Waals surface area contributed by atoms with Crippen LogP contribution >= 0.6 is 11.8 Å². The highest BCUT2D eigenvalue weighted by Crippen LogP contribution is 2.38. The predicted octanol–water partition coefficient (Wildman–Crippen LogP) is 4.19. The van der Waals surface area contributed by atoms with Crippen molar-refractivity contribution in [2.24, 2.45) is 0 Å². The van der Waals surface area contributed by atoms with Crippen molar-refractivity contribution in [3.8, 4) is 17.6 Å². The molecule has 1 saturated heterocycles. The van der Waals surface area contributed by atoms with Gasteiger partial charge in [-0.25, -0.2) is 4.98 Å². The van der Waals surface area contributed by atoms with Crippen LogP contribution < -0.4 is 9.47 Å². The summed E-state index contributed by atoms with van der Waals surface area (Å²) in [5.74, 6) is 1.87. The number of nitriles is 1. The summed E-state index contributed by atoms with van der Waals surface area (Å²) in [5, 5.41) is 10.1. The lowest BCUT2D eigenvalue weighted by atomic mass is 10.0. The number of thioether (sulfide) groups is 1. The number of fused-ring (bicyclic) bond motifs is 1. The standard InChI is InChI=1S/C23H25N3O3S/c1-15-11-16(2)25-23(18(15)13-24)30-14-22(27)26-8-3-5-19(26)17-6-7-20-21(12-17)29-10-4-9-28-20/h6-7,11-12,19H,3-5,8-10,14H2,1-2H3/t19-/m1/s1. The van der Waals surface area contributed by atoms with Gasteiger partial charge in [0.1, 0.15) is 11.1 Å². The molecular weight excluding hydrogens is 398 g/mol. The fraction of sp³-hybridized carbons (Fsp3) is 0.435. The molecule has 2 aromatic rings. The van der Waals surface area contributed by atoms with Gasteiger partial charge in [0.15, 0.2) is 11.5 Å². The van der Waals surface area contributed by atoms with Crippen LogP contribution in [0, 0.1) is 25.2 Å².